The minimum absolute atomic E-state index is 0.144. The molecule has 0 atom stereocenters. The van der Waals surface area contributed by atoms with E-state index in [2.05, 4.69) is 5.32 Å². The Bertz CT molecular complexity index is 555. The van der Waals surface area contributed by atoms with Gasteiger partial charge in [0.15, 0.2) is 11.5 Å². The van der Waals surface area contributed by atoms with Crippen LogP contribution in [-0.2, 0) is 0 Å². The van der Waals surface area contributed by atoms with Crippen LogP contribution in [0, 0.1) is 0 Å². The van der Waals surface area contributed by atoms with Crippen molar-refractivity contribution in [3.63, 3.8) is 0 Å². The number of carbonyl (C=O) groups excluding carboxylic acids is 1. The molecule has 4 nitrogen and oxygen atoms in total. The Hall–Kier alpha value is -1.53. The lowest BCUT2D eigenvalue weighted by molar-refractivity contribution is 0.265. The number of amides is 1. The van der Waals surface area contributed by atoms with Gasteiger partial charge in [-0.1, -0.05) is 18.3 Å². The van der Waals surface area contributed by atoms with E-state index in [1.165, 1.54) is 0 Å². The Balaban J connectivity index is 2.31. The van der Waals surface area contributed by atoms with Crippen LogP contribution in [0.15, 0.2) is 23.1 Å². The van der Waals surface area contributed by atoms with Crippen LogP contribution in [0.3, 0.4) is 0 Å². The molecule has 1 aromatic carbocycles. The van der Waals surface area contributed by atoms with Gasteiger partial charge in [-0.05, 0) is 42.5 Å². The van der Waals surface area contributed by atoms with Gasteiger partial charge in [0, 0.05) is 0 Å². The fourth-order valence-corrected chi connectivity index (χ4v) is 2.66. The molecule has 0 radical (unpaired) electrons. The van der Waals surface area contributed by atoms with E-state index in [0.717, 1.165) is 22.2 Å². The third-order valence-electron chi connectivity index (χ3n) is 2.43. The highest BCUT2D eigenvalue weighted by atomic mass is 32.2. The molecule has 1 N–H and O–H groups in total. The van der Waals surface area contributed by atoms with Gasteiger partial charge in [-0.2, -0.15) is 0 Å². The molecule has 0 bridgehead atoms. The molecule has 0 saturated carbocycles. The molecule has 1 aliphatic heterocycles. The summed E-state index contributed by atoms with van der Waals surface area (Å²) in [5.74, 6) is 1.35. The zero-order chi connectivity index (χ0) is 13.8. The van der Waals surface area contributed by atoms with E-state index in [9.17, 15) is 4.79 Å². The number of rotatable bonds is 4. The predicted molar refractivity (Wildman–Crippen MR) is 80.9 cm³/mol. The van der Waals surface area contributed by atoms with Crippen LogP contribution in [-0.4, -0.2) is 23.9 Å². The number of thiocarbonyl (C=S) groups is 1. The Morgan fingerprint density at radius 3 is 2.79 bits per heavy atom. The normalized spacial score (nSPS) is 16.6. The molecule has 1 heterocycles. The summed E-state index contributed by atoms with van der Waals surface area (Å²) < 4.78 is 10.7. The lowest BCUT2D eigenvalue weighted by atomic mass is 10.2. The lowest BCUT2D eigenvalue weighted by Gasteiger charge is -2.09. The maximum absolute atomic E-state index is 11.2. The monoisotopic (exact) mass is 295 g/mol. The molecular weight excluding hydrogens is 282 g/mol. The molecular formula is C13H13NO3S2. The van der Waals surface area contributed by atoms with Crippen molar-refractivity contribution in [2.45, 2.75) is 6.92 Å². The van der Waals surface area contributed by atoms with Crippen LogP contribution in [0.25, 0.3) is 6.08 Å². The second-order valence-electron chi connectivity index (χ2n) is 3.70. The van der Waals surface area contributed by atoms with E-state index in [-0.39, 0.29) is 5.24 Å². The van der Waals surface area contributed by atoms with Crippen molar-refractivity contribution >= 4 is 40.3 Å². The number of thioether (sulfide) groups is 1. The summed E-state index contributed by atoms with van der Waals surface area (Å²) >= 11 is 6.17. The molecule has 1 fully saturated rings. The Labute approximate surface area is 121 Å². The largest absolute Gasteiger partial charge is 0.493 e. The molecule has 0 aromatic heterocycles. The minimum atomic E-state index is -0.144. The van der Waals surface area contributed by atoms with E-state index in [1.54, 1.807) is 7.11 Å². The molecule has 0 spiro atoms. The molecule has 0 unspecified atom stereocenters. The van der Waals surface area contributed by atoms with Crippen LogP contribution < -0.4 is 14.8 Å². The molecule has 1 amide bonds. The molecule has 1 saturated heterocycles. The number of hydrogen-bond acceptors (Lipinski definition) is 5. The number of carbonyl (C=O) groups is 1. The second-order valence-corrected chi connectivity index (χ2v) is 5.12. The third kappa shape index (κ3) is 3.27. The first kappa shape index (κ1) is 13.9. The first-order valence-electron chi connectivity index (χ1n) is 5.69. The van der Waals surface area contributed by atoms with Gasteiger partial charge in [0.1, 0.15) is 4.99 Å². The van der Waals surface area contributed by atoms with E-state index in [0.29, 0.717) is 23.1 Å². The molecule has 0 aliphatic carbocycles. The molecule has 2 rings (SSSR count). The smallest absolute Gasteiger partial charge is 0.289 e. The summed E-state index contributed by atoms with van der Waals surface area (Å²) in [6, 6.07) is 5.58. The van der Waals surface area contributed by atoms with E-state index in [4.69, 9.17) is 21.7 Å². The average molecular weight is 295 g/mol. The maximum atomic E-state index is 11.2. The number of ether oxygens (including phenoxy) is 2. The minimum Gasteiger partial charge on any atom is -0.493 e. The Kier molecular flexibility index (Phi) is 4.44. The van der Waals surface area contributed by atoms with Gasteiger partial charge in [0.2, 0.25) is 0 Å². The van der Waals surface area contributed by atoms with Gasteiger partial charge in [-0.15, -0.1) is 0 Å². The van der Waals surface area contributed by atoms with Crippen molar-refractivity contribution in [3.05, 3.63) is 28.7 Å². The van der Waals surface area contributed by atoms with Crippen LogP contribution in [0.4, 0.5) is 4.79 Å². The summed E-state index contributed by atoms with van der Waals surface area (Å²) in [4.78, 5) is 12.4. The SMILES string of the molecule is CCOc1cc(/C=C2/SC(=O)NC2=S)ccc1OC. The van der Waals surface area contributed by atoms with Crippen molar-refractivity contribution in [1.29, 1.82) is 0 Å². The Morgan fingerprint density at radius 1 is 1.42 bits per heavy atom. The fourth-order valence-electron chi connectivity index (χ4n) is 1.62. The van der Waals surface area contributed by atoms with Gasteiger partial charge in [-0.3, -0.25) is 4.79 Å². The predicted octanol–water partition coefficient (Wildman–Crippen LogP) is 3.22. The molecule has 1 aromatic rings. The second kappa shape index (κ2) is 6.08. The highest BCUT2D eigenvalue weighted by molar-refractivity contribution is 8.19. The Morgan fingerprint density at radius 2 is 2.21 bits per heavy atom. The first-order valence-corrected chi connectivity index (χ1v) is 6.92. The van der Waals surface area contributed by atoms with Crippen LogP contribution in [0.5, 0.6) is 11.5 Å². The summed E-state index contributed by atoms with van der Waals surface area (Å²) in [6.07, 6.45) is 1.85. The highest BCUT2D eigenvalue weighted by Gasteiger charge is 2.21. The van der Waals surface area contributed by atoms with Gasteiger partial charge in [-0.25, -0.2) is 0 Å². The molecule has 6 heteroatoms. The van der Waals surface area contributed by atoms with Crippen LogP contribution in [0.2, 0.25) is 0 Å². The van der Waals surface area contributed by atoms with Crippen molar-refractivity contribution in [2.24, 2.45) is 0 Å². The van der Waals surface area contributed by atoms with E-state index >= 15 is 0 Å². The summed E-state index contributed by atoms with van der Waals surface area (Å²) in [6.45, 7) is 2.47. The van der Waals surface area contributed by atoms with Gasteiger partial charge in [0.05, 0.1) is 18.6 Å². The maximum Gasteiger partial charge on any atom is 0.289 e. The zero-order valence-corrected chi connectivity index (χ0v) is 12.2. The van der Waals surface area contributed by atoms with Crippen molar-refractivity contribution in [1.82, 2.24) is 5.32 Å². The standard InChI is InChI=1S/C13H13NO3S2/c1-3-17-10-6-8(4-5-9(10)16-2)7-11-12(18)14-13(15)19-11/h4-7H,3H2,1-2H3,(H,14,15,18)/b11-7+. The summed E-state index contributed by atoms with van der Waals surface area (Å²) in [7, 11) is 1.60. The quantitative estimate of drug-likeness (QED) is 0.682. The summed E-state index contributed by atoms with van der Waals surface area (Å²) in [5, 5.41) is 2.44. The number of methoxy groups -OCH3 is 1. The van der Waals surface area contributed by atoms with E-state index in [1.807, 2.05) is 31.2 Å². The number of nitrogens with one attached hydrogen (secondary N) is 1. The van der Waals surface area contributed by atoms with Gasteiger partial charge in [0.25, 0.3) is 5.24 Å². The van der Waals surface area contributed by atoms with Crippen LogP contribution in [0.1, 0.15) is 12.5 Å². The number of benzene rings is 1. The van der Waals surface area contributed by atoms with Crippen molar-refractivity contribution in [2.75, 3.05) is 13.7 Å². The molecule has 1 aliphatic rings. The molecule has 100 valence electrons. The first-order chi connectivity index (χ1) is 9.13. The average Bonchev–Trinajstić information content (AvgIpc) is 2.69. The number of hydrogen-bond donors (Lipinski definition) is 1. The zero-order valence-electron chi connectivity index (χ0n) is 10.6. The van der Waals surface area contributed by atoms with E-state index < -0.39 is 0 Å². The van der Waals surface area contributed by atoms with Gasteiger partial charge >= 0.3 is 0 Å². The van der Waals surface area contributed by atoms with Crippen molar-refractivity contribution < 1.29 is 14.3 Å². The highest BCUT2D eigenvalue weighted by Crippen LogP contribution is 2.31. The van der Waals surface area contributed by atoms with Gasteiger partial charge < -0.3 is 14.8 Å². The van der Waals surface area contributed by atoms with Crippen molar-refractivity contribution in [3.8, 4) is 11.5 Å². The fraction of sp³-hybridized carbons (Fsp3) is 0.231. The summed E-state index contributed by atoms with van der Waals surface area (Å²) in [5.41, 5.74) is 0.908. The topological polar surface area (TPSA) is 47.6 Å². The van der Waals surface area contributed by atoms with Crippen LogP contribution >= 0.6 is 24.0 Å². The molecule has 19 heavy (non-hydrogen) atoms. The third-order valence-corrected chi connectivity index (χ3v) is 3.71. The lowest BCUT2D eigenvalue weighted by Crippen LogP contribution is -2.15.